The van der Waals surface area contributed by atoms with Gasteiger partial charge in [0.15, 0.2) is 0 Å². The monoisotopic (exact) mass is 457 g/mol. The van der Waals surface area contributed by atoms with Crippen LogP contribution in [-0.4, -0.2) is 31.6 Å². The van der Waals surface area contributed by atoms with E-state index in [0.29, 0.717) is 12.2 Å². The average molecular weight is 458 g/mol. The van der Waals surface area contributed by atoms with Gasteiger partial charge in [-0.2, -0.15) is 0 Å². The molecular weight excluding hydrogens is 430 g/mol. The van der Waals surface area contributed by atoms with Gasteiger partial charge in [0.25, 0.3) is 0 Å². The SMILES string of the molecule is CCOC(=O)c1ccc(N2C(=O)C3NNC(c4ccccc4)C3C2c2ccccc2OC)cc1. The van der Waals surface area contributed by atoms with Gasteiger partial charge in [-0.15, -0.1) is 0 Å². The third-order valence-corrected chi connectivity index (χ3v) is 6.58. The summed E-state index contributed by atoms with van der Waals surface area (Å²) in [6, 6.07) is 24.2. The Morgan fingerprint density at radius 2 is 1.59 bits per heavy atom. The molecule has 2 aliphatic rings. The van der Waals surface area contributed by atoms with Gasteiger partial charge in [-0.25, -0.2) is 15.6 Å². The van der Waals surface area contributed by atoms with E-state index in [1.54, 1.807) is 38.3 Å². The summed E-state index contributed by atoms with van der Waals surface area (Å²) in [7, 11) is 1.64. The summed E-state index contributed by atoms with van der Waals surface area (Å²) in [5.74, 6) is 0.231. The molecule has 3 aromatic rings. The highest BCUT2D eigenvalue weighted by atomic mass is 16.5. The first kappa shape index (κ1) is 22.1. The summed E-state index contributed by atoms with van der Waals surface area (Å²) in [5.41, 5.74) is 9.81. The van der Waals surface area contributed by atoms with Crippen LogP contribution in [0.4, 0.5) is 5.69 Å². The molecule has 0 bridgehead atoms. The van der Waals surface area contributed by atoms with Gasteiger partial charge in [-0.1, -0.05) is 48.5 Å². The highest BCUT2D eigenvalue weighted by molar-refractivity contribution is 6.02. The second-order valence-electron chi connectivity index (χ2n) is 8.39. The number of methoxy groups -OCH3 is 1. The number of carbonyl (C=O) groups excluding carboxylic acids is 2. The quantitative estimate of drug-likeness (QED) is 0.549. The number of hydrogen-bond acceptors (Lipinski definition) is 6. The Kier molecular flexibility index (Phi) is 6.04. The minimum absolute atomic E-state index is 0.0317. The smallest absolute Gasteiger partial charge is 0.338 e. The molecule has 2 saturated heterocycles. The fourth-order valence-electron chi connectivity index (χ4n) is 5.10. The number of hydrazine groups is 1. The van der Waals surface area contributed by atoms with Crippen molar-refractivity contribution in [1.82, 2.24) is 10.9 Å². The molecule has 0 saturated carbocycles. The van der Waals surface area contributed by atoms with Crippen LogP contribution < -0.4 is 20.5 Å². The predicted octanol–water partition coefficient (Wildman–Crippen LogP) is 3.79. The lowest BCUT2D eigenvalue weighted by Crippen LogP contribution is -2.41. The van der Waals surface area contributed by atoms with E-state index in [1.807, 2.05) is 47.4 Å². The van der Waals surface area contributed by atoms with Crippen molar-refractivity contribution in [2.24, 2.45) is 5.92 Å². The van der Waals surface area contributed by atoms with Crippen molar-refractivity contribution in [2.75, 3.05) is 18.6 Å². The maximum absolute atomic E-state index is 13.8. The van der Waals surface area contributed by atoms with Gasteiger partial charge in [0.2, 0.25) is 5.91 Å². The molecule has 4 unspecified atom stereocenters. The van der Waals surface area contributed by atoms with Gasteiger partial charge in [0.05, 0.1) is 31.4 Å². The molecule has 3 aromatic carbocycles. The molecule has 34 heavy (non-hydrogen) atoms. The van der Waals surface area contributed by atoms with E-state index in [1.165, 1.54) is 0 Å². The van der Waals surface area contributed by atoms with Crippen LogP contribution in [0.25, 0.3) is 0 Å². The van der Waals surface area contributed by atoms with Gasteiger partial charge in [-0.3, -0.25) is 4.79 Å². The number of fused-ring (bicyclic) bond motifs is 1. The van der Waals surface area contributed by atoms with Crippen molar-refractivity contribution in [3.63, 3.8) is 0 Å². The number of para-hydroxylation sites is 1. The van der Waals surface area contributed by atoms with Crippen molar-refractivity contribution < 1.29 is 19.1 Å². The first-order valence-electron chi connectivity index (χ1n) is 11.4. The third-order valence-electron chi connectivity index (χ3n) is 6.58. The van der Waals surface area contributed by atoms with Crippen molar-refractivity contribution >= 4 is 17.6 Å². The molecule has 1 amide bonds. The van der Waals surface area contributed by atoms with E-state index < -0.39 is 6.04 Å². The Hall–Kier alpha value is -3.68. The fourth-order valence-corrected chi connectivity index (χ4v) is 5.10. The van der Waals surface area contributed by atoms with E-state index in [2.05, 4.69) is 23.0 Å². The van der Waals surface area contributed by atoms with Crippen LogP contribution in [0.3, 0.4) is 0 Å². The number of carbonyl (C=O) groups is 2. The van der Waals surface area contributed by atoms with Crippen LogP contribution in [0, 0.1) is 5.92 Å². The van der Waals surface area contributed by atoms with Crippen LogP contribution >= 0.6 is 0 Å². The van der Waals surface area contributed by atoms with E-state index >= 15 is 0 Å². The molecule has 0 aromatic heterocycles. The summed E-state index contributed by atoms with van der Waals surface area (Å²) in [5, 5.41) is 0. The van der Waals surface area contributed by atoms with Gasteiger partial charge in [0.1, 0.15) is 11.8 Å². The Labute approximate surface area is 198 Å². The second kappa shape index (κ2) is 9.29. The zero-order valence-electron chi connectivity index (χ0n) is 19.1. The van der Waals surface area contributed by atoms with Gasteiger partial charge >= 0.3 is 5.97 Å². The molecule has 174 valence electrons. The molecule has 2 heterocycles. The Bertz CT molecular complexity index is 1180. The van der Waals surface area contributed by atoms with Crippen LogP contribution in [0.5, 0.6) is 5.75 Å². The lowest BCUT2D eigenvalue weighted by Gasteiger charge is -2.32. The summed E-state index contributed by atoms with van der Waals surface area (Å²) in [6.07, 6.45) is 0. The Morgan fingerprint density at radius 3 is 2.29 bits per heavy atom. The zero-order chi connectivity index (χ0) is 23.7. The van der Waals surface area contributed by atoms with E-state index in [0.717, 1.165) is 22.6 Å². The minimum atomic E-state index is -0.412. The Morgan fingerprint density at radius 1 is 0.912 bits per heavy atom. The molecule has 5 rings (SSSR count). The van der Waals surface area contributed by atoms with Crippen LogP contribution in [0.2, 0.25) is 0 Å². The molecule has 0 radical (unpaired) electrons. The van der Waals surface area contributed by atoms with E-state index in [-0.39, 0.29) is 29.9 Å². The first-order chi connectivity index (χ1) is 16.6. The maximum atomic E-state index is 13.8. The van der Waals surface area contributed by atoms with Gasteiger partial charge in [0, 0.05) is 17.2 Å². The molecular formula is C27H27N3O4. The normalized spacial score (nSPS) is 23.6. The van der Waals surface area contributed by atoms with Crippen molar-refractivity contribution in [1.29, 1.82) is 0 Å². The molecule has 7 nitrogen and oxygen atoms in total. The second-order valence-corrected chi connectivity index (χ2v) is 8.39. The van der Waals surface area contributed by atoms with Crippen LogP contribution in [0.1, 0.15) is 40.5 Å². The highest BCUT2D eigenvalue weighted by Gasteiger charge is 2.56. The van der Waals surface area contributed by atoms with Crippen LogP contribution in [0.15, 0.2) is 78.9 Å². The largest absolute Gasteiger partial charge is 0.496 e. The van der Waals surface area contributed by atoms with Gasteiger partial charge in [-0.05, 0) is 42.8 Å². The lowest BCUT2D eigenvalue weighted by atomic mass is 9.83. The van der Waals surface area contributed by atoms with Crippen LogP contribution in [-0.2, 0) is 9.53 Å². The number of anilines is 1. The maximum Gasteiger partial charge on any atom is 0.338 e. The fraction of sp³-hybridized carbons (Fsp3) is 0.259. The summed E-state index contributed by atoms with van der Waals surface area (Å²) < 4.78 is 10.8. The summed E-state index contributed by atoms with van der Waals surface area (Å²) in [6.45, 7) is 2.08. The number of ether oxygens (including phenoxy) is 2. The number of amides is 1. The number of nitrogens with zero attached hydrogens (tertiary/aromatic N) is 1. The summed E-state index contributed by atoms with van der Waals surface area (Å²) in [4.78, 5) is 27.7. The third kappa shape index (κ3) is 3.73. The number of rotatable bonds is 6. The number of esters is 1. The molecule has 2 fully saturated rings. The highest BCUT2D eigenvalue weighted by Crippen LogP contribution is 2.50. The van der Waals surface area contributed by atoms with Crippen molar-refractivity contribution in [3.8, 4) is 5.75 Å². The molecule has 2 aliphatic heterocycles. The number of hydrogen-bond donors (Lipinski definition) is 2. The van der Waals surface area contributed by atoms with Crippen molar-refractivity contribution in [3.05, 3.63) is 95.6 Å². The average Bonchev–Trinajstić information content (AvgIpc) is 3.43. The number of nitrogens with one attached hydrogen (secondary N) is 2. The minimum Gasteiger partial charge on any atom is -0.496 e. The predicted molar refractivity (Wildman–Crippen MR) is 128 cm³/mol. The zero-order valence-corrected chi connectivity index (χ0v) is 19.1. The van der Waals surface area contributed by atoms with E-state index in [4.69, 9.17) is 9.47 Å². The van der Waals surface area contributed by atoms with Gasteiger partial charge < -0.3 is 14.4 Å². The lowest BCUT2D eigenvalue weighted by molar-refractivity contribution is -0.119. The molecule has 7 heteroatoms. The van der Waals surface area contributed by atoms with E-state index in [9.17, 15) is 9.59 Å². The Balaban J connectivity index is 1.60. The molecule has 2 N–H and O–H groups in total. The number of benzene rings is 3. The molecule has 0 aliphatic carbocycles. The molecule has 4 atom stereocenters. The molecule has 0 spiro atoms. The van der Waals surface area contributed by atoms with Crippen molar-refractivity contribution in [2.45, 2.75) is 25.0 Å². The topological polar surface area (TPSA) is 79.9 Å². The first-order valence-corrected chi connectivity index (χ1v) is 11.4. The standard InChI is InChI=1S/C27H27N3O4/c1-3-34-27(32)18-13-15-19(16-14-18)30-25(20-11-7-8-12-21(20)33-2)22-23(17-9-5-4-6-10-17)28-29-24(22)26(30)31/h4-16,22-25,28-29H,3H2,1-2H3. The summed E-state index contributed by atoms with van der Waals surface area (Å²) >= 11 is 0.